The van der Waals surface area contributed by atoms with Gasteiger partial charge in [-0.05, 0) is 24.1 Å². The zero-order chi connectivity index (χ0) is 21.5. The Morgan fingerprint density at radius 1 is 0.967 bits per heavy atom. The molecule has 1 atom stereocenters. The summed E-state index contributed by atoms with van der Waals surface area (Å²) in [6.07, 6.45) is 0. The largest absolute Gasteiger partial charge is 0.368 e. The van der Waals surface area contributed by atoms with E-state index >= 15 is 0 Å². The Labute approximate surface area is 177 Å². The average Bonchev–Trinajstić information content (AvgIpc) is 2.77. The van der Waals surface area contributed by atoms with Gasteiger partial charge >= 0.3 is 6.03 Å². The number of urea groups is 1. The molecule has 1 heterocycles. The molecule has 0 aromatic heterocycles. The van der Waals surface area contributed by atoms with E-state index in [4.69, 9.17) is 0 Å². The molecule has 2 aromatic rings. The van der Waals surface area contributed by atoms with Crippen LogP contribution in [0.3, 0.4) is 0 Å². The summed E-state index contributed by atoms with van der Waals surface area (Å²) in [6.45, 7) is 6.49. The lowest BCUT2D eigenvalue weighted by Crippen LogP contribution is -2.57. The van der Waals surface area contributed by atoms with E-state index in [1.807, 2.05) is 32.0 Å². The molecule has 160 valence electrons. The highest BCUT2D eigenvalue weighted by Crippen LogP contribution is 2.16. The van der Waals surface area contributed by atoms with Crippen LogP contribution in [0.5, 0.6) is 0 Å². The number of carbonyl (C=O) groups excluding carboxylic acids is 2. The number of hydrogen-bond donors (Lipinski definition) is 2. The fraction of sp³-hybridized carbons (Fsp3) is 0.391. The van der Waals surface area contributed by atoms with Gasteiger partial charge in [0.25, 0.3) is 0 Å². The van der Waals surface area contributed by atoms with Crippen molar-refractivity contribution in [2.45, 2.75) is 26.4 Å². The minimum Gasteiger partial charge on any atom is -0.368 e. The van der Waals surface area contributed by atoms with E-state index < -0.39 is 6.04 Å². The van der Waals surface area contributed by atoms with Crippen LogP contribution in [0.15, 0.2) is 54.6 Å². The number of para-hydroxylation sites is 1. The van der Waals surface area contributed by atoms with E-state index in [1.165, 1.54) is 6.07 Å². The lowest BCUT2D eigenvalue weighted by Gasteiger charge is -2.37. The fourth-order valence-corrected chi connectivity index (χ4v) is 3.50. The minimum atomic E-state index is -0.684. The van der Waals surface area contributed by atoms with Crippen LogP contribution in [0.2, 0.25) is 0 Å². The summed E-state index contributed by atoms with van der Waals surface area (Å²) in [6, 6.07) is 15.5. The van der Waals surface area contributed by atoms with Gasteiger partial charge in [0.2, 0.25) is 5.91 Å². The first kappa shape index (κ1) is 21.6. The number of anilines is 1. The van der Waals surface area contributed by atoms with Crippen molar-refractivity contribution in [3.05, 3.63) is 66.0 Å². The topological polar surface area (TPSA) is 64.7 Å². The van der Waals surface area contributed by atoms with Crippen molar-refractivity contribution in [1.82, 2.24) is 15.5 Å². The molecule has 0 radical (unpaired) electrons. The highest BCUT2D eigenvalue weighted by Gasteiger charge is 2.28. The highest BCUT2D eigenvalue weighted by atomic mass is 19.1. The third-order valence-corrected chi connectivity index (χ3v) is 5.33. The molecule has 1 aliphatic heterocycles. The Morgan fingerprint density at radius 3 is 2.23 bits per heavy atom. The van der Waals surface area contributed by atoms with Crippen LogP contribution in [0.25, 0.3) is 0 Å². The Kier molecular flexibility index (Phi) is 7.27. The van der Waals surface area contributed by atoms with Crippen molar-refractivity contribution in [2.24, 2.45) is 5.92 Å². The summed E-state index contributed by atoms with van der Waals surface area (Å²) in [7, 11) is 0. The van der Waals surface area contributed by atoms with Crippen LogP contribution in [0, 0.1) is 11.7 Å². The molecule has 1 fully saturated rings. The molecular formula is C23H29FN4O2. The lowest BCUT2D eigenvalue weighted by molar-refractivity contribution is -0.124. The third-order valence-electron chi connectivity index (χ3n) is 5.33. The van der Waals surface area contributed by atoms with E-state index in [2.05, 4.69) is 27.7 Å². The van der Waals surface area contributed by atoms with Crippen LogP contribution in [0.1, 0.15) is 19.4 Å². The first-order valence-electron chi connectivity index (χ1n) is 10.3. The monoisotopic (exact) mass is 412 g/mol. The maximum absolute atomic E-state index is 13.8. The van der Waals surface area contributed by atoms with Gasteiger partial charge in [-0.1, -0.05) is 50.2 Å². The van der Waals surface area contributed by atoms with Crippen LogP contribution >= 0.6 is 0 Å². The number of rotatable bonds is 6. The van der Waals surface area contributed by atoms with Gasteiger partial charge in [-0.3, -0.25) is 4.79 Å². The van der Waals surface area contributed by atoms with Gasteiger partial charge in [0.05, 0.1) is 0 Å². The quantitative estimate of drug-likeness (QED) is 0.767. The van der Waals surface area contributed by atoms with Gasteiger partial charge in [-0.25, -0.2) is 9.18 Å². The molecule has 0 aliphatic carbocycles. The SMILES string of the molecule is CC(C)[C@@H](NC(=O)N1CCN(c2ccccc2)CC1)C(=O)NCc1ccccc1F. The Morgan fingerprint density at radius 2 is 1.60 bits per heavy atom. The molecule has 0 unspecified atom stereocenters. The number of benzene rings is 2. The van der Waals surface area contributed by atoms with Crippen molar-refractivity contribution in [1.29, 1.82) is 0 Å². The Bertz CT molecular complexity index is 851. The van der Waals surface area contributed by atoms with Crippen molar-refractivity contribution in [3.63, 3.8) is 0 Å². The summed E-state index contributed by atoms with van der Waals surface area (Å²) >= 11 is 0. The Hall–Kier alpha value is -3.09. The van der Waals surface area contributed by atoms with Gasteiger partial charge in [0, 0.05) is 44.0 Å². The van der Waals surface area contributed by atoms with Crippen molar-refractivity contribution in [3.8, 4) is 0 Å². The van der Waals surface area contributed by atoms with Gasteiger partial charge in [-0.2, -0.15) is 0 Å². The molecule has 0 bridgehead atoms. The smallest absolute Gasteiger partial charge is 0.318 e. The number of carbonyl (C=O) groups is 2. The van der Waals surface area contributed by atoms with Crippen LogP contribution in [-0.4, -0.2) is 49.1 Å². The number of amides is 3. The summed E-state index contributed by atoms with van der Waals surface area (Å²) in [5, 5.41) is 5.59. The third kappa shape index (κ3) is 5.49. The lowest BCUT2D eigenvalue weighted by atomic mass is 10.0. The number of hydrogen-bond acceptors (Lipinski definition) is 3. The average molecular weight is 413 g/mol. The summed E-state index contributed by atoms with van der Waals surface area (Å²) < 4.78 is 13.8. The molecule has 30 heavy (non-hydrogen) atoms. The van der Waals surface area contributed by atoms with Gasteiger partial charge < -0.3 is 20.4 Å². The summed E-state index contributed by atoms with van der Waals surface area (Å²) in [5.41, 5.74) is 1.56. The molecule has 3 amide bonds. The zero-order valence-corrected chi connectivity index (χ0v) is 17.5. The first-order valence-corrected chi connectivity index (χ1v) is 10.3. The summed E-state index contributed by atoms with van der Waals surface area (Å²) in [4.78, 5) is 29.4. The molecular weight excluding hydrogens is 383 g/mol. The van der Waals surface area contributed by atoms with Crippen LogP contribution in [-0.2, 0) is 11.3 Å². The Balaban J connectivity index is 1.52. The minimum absolute atomic E-state index is 0.0837. The molecule has 2 aromatic carbocycles. The van der Waals surface area contributed by atoms with E-state index in [0.29, 0.717) is 18.7 Å². The van der Waals surface area contributed by atoms with Crippen LogP contribution < -0.4 is 15.5 Å². The first-order chi connectivity index (χ1) is 14.5. The number of nitrogens with one attached hydrogen (secondary N) is 2. The molecule has 0 saturated carbocycles. The molecule has 3 rings (SSSR count). The van der Waals surface area contributed by atoms with E-state index in [-0.39, 0.29) is 30.2 Å². The number of piperazine rings is 1. The van der Waals surface area contributed by atoms with Gasteiger partial charge in [-0.15, -0.1) is 0 Å². The van der Waals surface area contributed by atoms with Crippen LogP contribution in [0.4, 0.5) is 14.9 Å². The molecule has 0 spiro atoms. The second-order valence-corrected chi connectivity index (χ2v) is 7.79. The fourth-order valence-electron chi connectivity index (χ4n) is 3.50. The second-order valence-electron chi connectivity index (χ2n) is 7.79. The number of halogens is 1. The van der Waals surface area contributed by atoms with E-state index in [9.17, 15) is 14.0 Å². The normalized spacial score (nSPS) is 15.1. The molecule has 1 saturated heterocycles. The molecule has 1 aliphatic rings. The van der Waals surface area contributed by atoms with Crippen molar-refractivity contribution in [2.75, 3.05) is 31.1 Å². The maximum atomic E-state index is 13.8. The predicted molar refractivity (Wildman–Crippen MR) is 116 cm³/mol. The summed E-state index contributed by atoms with van der Waals surface area (Å²) in [5.74, 6) is -0.774. The molecule has 2 N–H and O–H groups in total. The standard InChI is InChI=1S/C23H29FN4O2/c1-17(2)21(22(29)25-16-18-8-6-7-11-20(18)24)26-23(30)28-14-12-27(13-15-28)19-9-4-3-5-10-19/h3-11,17,21H,12-16H2,1-2H3,(H,25,29)(H,26,30)/t21-/m1/s1. The van der Waals surface area contributed by atoms with Gasteiger partial charge in [0.15, 0.2) is 0 Å². The second kappa shape index (κ2) is 10.1. The van der Waals surface area contributed by atoms with Gasteiger partial charge in [0.1, 0.15) is 11.9 Å². The maximum Gasteiger partial charge on any atom is 0.318 e. The zero-order valence-electron chi connectivity index (χ0n) is 17.5. The van der Waals surface area contributed by atoms with E-state index in [1.54, 1.807) is 23.1 Å². The number of nitrogens with zero attached hydrogens (tertiary/aromatic N) is 2. The molecule has 7 heteroatoms. The van der Waals surface area contributed by atoms with Crippen molar-refractivity contribution >= 4 is 17.6 Å². The molecule has 6 nitrogen and oxygen atoms in total. The van der Waals surface area contributed by atoms with Crippen molar-refractivity contribution < 1.29 is 14.0 Å². The predicted octanol–water partition coefficient (Wildman–Crippen LogP) is 3.00. The highest BCUT2D eigenvalue weighted by molar-refractivity contribution is 5.87. The van der Waals surface area contributed by atoms with E-state index in [0.717, 1.165) is 18.8 Å².